The SMILES string of the molecule is c1ccc(-c2nc(-c3ccccc3)nc(-c3ccc(-c4ccc5ccc6nc(-c7ccccc7)[se]c6c5c4)c4ccccc34)n2)cc1. The summed E-state index contributed by atoms with van der Waals surface area (Å²) >= 11 is 0.131. The molecular formula is C42H26N4Se. The molecule has 0 amide bonds. The van der Waals surface area contributed by atoms with Crippen molar-refractivity contribution in [2.75, 3.05) is 0 Å². The van der Waals surface area contributed by atoms with Gasteiger partial charge in [0.15, 0.2) is 0 Å². The van der Waals surface area contributed by atoms with Gasteiger partial charge in [0.05, 0.1) is 0 Å². The van der Waals surface area contributed by atoms with E-state index in [4.69, 9.17) is 19.9 Å². The summed E-state index contributed by atoms with van der Waals surface area (Å²) in [6.07, 6.45) is 0. The maximum absolute atomic E-state index is 5.05. The molecule has 0 aliphatic heterocycles. The van der Waals surface area contributed by atoms with E-state index in [9.17, 15) is 0 Å². The average molecular weight is 666 g/mol. The predicted molar refractivity (Wildman–Crippen MR) is 194 cm³/mol. The van der Waals surface area contributed by atoms with Crippen molar-refractivity contribution < 1.29 is 0 Å². The fourth-order valence-electron chi connectivity index (χ4n) is 6.25. The molecule has 0 bridgehead atoms. The normalized spacial score (nSPS) is 11.4. The van der Waals surface area contributed by atoms with Crippen molar-refractivity contribution in [3.63, 3.8) is 0 Å². The first-order chi connectivity index (χ1) is 23.3. The summed E-state index contributed by atoms with van der Waals surface area (Å²) < 4.78 is 2.53. The minimum absolute atomic E-state index is 0.131. The minimum atomic E-state index is 0.131. The molecule has 2 heterocycles. The molecule has 5 heteroatoms. The predicted octanol–water partition coefficient (Wildman–Crippen LogP) is 10.1. The van der Waals surface area contributed by atoms with Crippen LogP contribution in [0.2, 0.25) is 0 Å². The van der Waals surface area contributed by atoms with Crippen LogP contribution in [-0.4, -0.2) is 34.4 Å². The van der Waals surface area contributed by atoms with E-state index in [2.05, 4.69) is 97.1 Å². The van der Waals surface area contributed by atoms with E-state index in [1.165, 1.54) is 36.3 Å². The van der Waals surface area contributed by atoms with Crippen LogP contribution < -0.4 is 0 Å². The summed E-state index contributed by atoms with van der Waals surface area (Å²) in [5, 5.41) is 4.78. The van der Waals surface area contributed by atoms with Gasteiger partial charge in [-0.15, -0.1) is 0 Å². The Labute approximate surface area is 277 Å². The third-order valence-corrected chi connectivity index (χ3v) is 11.0. The third-order valence-electron chi connectivity index (χ3n) is 8.57. The van der Waals surface area contributed by atoms with Crippen LogP contribution in [0.15, 0.2) is 158 Å². The Kier molecular flexibility index (Phi) is 6.78. The molecule has 47 heavy (non-hydrogen) atoms. The monoisotopic (exact) mass is 666 g/mol. The molecule has 2 aromatic heterocycles. The molecule has 9 rings (SSSR count). The van der Waals surface area contributed by atoms with Gasteiger partial charge in [0.25, 0.3) is 0 Å². The van der Waals surface area contributed by atoms with Gasteiger partial charge in [0, 0.05) is 0 Å². The van der Waals surface area contributed by atoms with Crippen LogP contribution in [0, 0.1) is 0 Å². The number of hydrogen-bond donors (Lipinski definition) is 0. The molecule has 0 aliphatic rings. The zero-order chi connectivity index (χ0) is 31.2. The molecule has 7 aromatic carbocycles. The van der Waals surface area contributed by atoms with E-state index in [0.717, 1.165) is 33.0 Å². The Balaban J connectivity index is 1.21. The molecule has 0 N–H and O–H groups in total. The first kappa shape index (κ1) is 27.6. The molecular weight excluding hydrogens is 639 g/mol. The van der Waals surface area contributed by atoms with E-state index >= 15 is 0 Å². The molecule has 9 aromatic rings. The molecule has 0 unspecified atom stereocenters. The van der Waals surface area contributed by atoms with Crippen LogP contribution in [0.25, 0.3) is 86.7 Å². The third kappa shape index (κ3) is 5.03. The van der Waals surface area contributed by atoms with E-state index in [1.807, 2.05) is 60.7 Å². The van der Waals surface area contributed by atoms with Gasteiger partial charge in [-0.2, -0.15) is 0 Å². The molecule has 0 radical (unpaired) electrons. The Morgan fingerprint density at radius 1 is 0.362 bits per heavy atom. The molecule has 0 spiro atoms. The van der Waals surface area contributed by atoms with Crippen LogP contribution in [-0.2, 0) is 0 Å². The quantitative estimate of drug-likeness (QED) is 0.172. The van der Waals surface area contributed by atoms with Crippen LogP contribution in [0.1, 0.15) is 0 Å². The van der Waals surface area contributed by atoms with Crippen LogP contribution in [0.4, 0.5) is 0 Å². The van der Waals surface area contributed by atoms with Gasteiger partial charge in [-0.1, -0.05) is 60.7 Å². The Bertz CT molecular complexity index is 2500. The van der Waals surface area contributed by atoms with Gasteiger partial charge in [0.2, 0.25) is 0 Å². The standard InChI is InChI=1S/C42H26N4Se/c1-4-12-28(13-5-1)39-44-40(29-14-6-2-7-15-29)46-41(45-39)35-24-23-32(33-18-10-11-19-34(33)35)31-21-20-27-22-25-37-38(36(27)26-31)47-42(43-37)30-16-8-3-9-17-30/h1-26H. The molecule has 0 aliphatic carbocycles. The molecule has 0 atom stereocenters. The van der Waals surface area contributed by atoms with Gasteiger partial charge in [-0.3, -0.25) is 0 Å². The maximum atomic E-state index is 5.05. The smallest absolute Gasteiger partial charge is 0.0512 e. The van der Waals surface area contributed by atoms with E-state index in [-0.39, 0.29) is 14.5 Å². The van der Waals surface area contributed by atoms with E-state index in [0.29, 0.717) is 17.5 Å². The van der Waals surface area contributed by atoms with Gasteiger partial charge >= 0.3 is 218 Å². The van der Waals surface area contributed by atoms with Crippen LogP contribution >= 0.6 is 0 Å². The van der Waals surface area contributed by atoms with Crippen molar-refractivity contribution in [2.24, 2.45) is 0 Å². The van der Waals surface area contributed by atoms with E-state index < -0.39 is 0 Å². The summed E-state index contributed by atoms with van der Waals surface area (Å²) in [7, 11) is 0. The second-order valence-electron chi connectivity index (χ2n) is 11.5. The largest absolute Gasteiger partial charge is 0.0615 e. The number of aromatic nitrogens is 4. The fraction of sp³-hybridized carbons (Fsp3) is 0. The van der Waals surface area contributed by atoms with Crippen LogP contribution in [0.5, 0.6) is 0 Å². The Morgan fingerprint density at radius 3 is 1.55 bits per heavy atom. The number of nitrogens with zero attached hydrogens (tertiary/aromatic N) is 4. The summed E-state index contributed by atoms with van der Waals surface area (Å²) in [6.45, 7) is 0. The number of fused-ring (bicyclic) bond motifs is 4. The van der Waals surface area contributed by atoms with Crippen molar-refractivity contribution in [2.45, 2.75) is 0 Å². The van der Waals surface area contributed by atoms with Crippen molar-refractivity contribution in [1.29, 1.82) is 0 Å². The number of hydrogen-bond acceptors (Lipinski definition) is 4. The zero-order valence-electron chi connectivity index (χ0n) is 25.2. The maximum Gasteiger partial charge on any atom is -0.0512 e. The van der Waals surface area contributed by atoms with Gasteiger partial charge in [0.1, 0.15) is 0 Å². The van der Waals surface area contributed by atoms with Crippen molar-refractivity contribution >= 4 is 45.8 Å². The summed E-state index contributed by atoms with van der Waals surface area (Å²) in [5.41, 5.74) is 7.55. The first-order valence-corrected chi connectivity index (χ1v) is 17.3. The number of rotatable bonds is 5. The summed E-state index contributed by atoms with van der Waals surface area (Å²) in [4.78, 5) is 20.0. The van der Waals surface area contributed by atoms with E-state index in [1.54, 1.807) is 0 Å². The summed E-state index contributed by atoms with van der Waals surface area (Å²) in [6, 6.07) is 54.9. The molecule has 0 saturated carbocycles. The average Bonchev–Trinajstić information content (AvgIpc) is 3.60. The molecule has 0 saturated heterocycles. The fourth-order valence-corrected chi connectivity index (χ4v) is 8.55. The first-order valence-electron chi connectivity index (χ1n) is 15.6. The second kappa shape index (κ2) is 11.6. The Hall–Kier alpha value is -5.74. The van der Waals surface area contributed by atoms with Crippen molar-refractivity contribution in [3.05, 3.63) is 158 Å². The van der Waals surface area contributed by atoms with Crippen molar-refractivity contribution in [1.82, 2.24) is 19.9 Å². The number of benzene rings is 7. The zero-order valence-corrected chi connectivity index (χ0v) is 26.9. The van der Waals surface area contributed by atoms with Crippen molar-refractivity contribution in [3.8, 4) is 55.4 Å². The molecule has 4 nitrogen and oxygen atoms in total. The van der Waals surface area contributed by atoms with Crippen LogP contribution in [0.3, 0.4) is 0 Å². The minimum Gasteiger partial charge on any atom is -0.0615 e. The second-order valence-corrected chi connectivity index (χ2v) is 13.6. The topological polar surface area (TPSA) is 51.6 Å². The summed E-state index contributed by atoms with van der Waals surface area (Å²) in [5.74, 6) is 1.97. The Morgan fingerprint density at radius 2 is 0.894 bits per heavy atom. The molecule has 0 fully saturated rings. The van der Waals surface area contributed by atoms with Gasteiger partial charge in [-0.25, -0.2) is 0 Å². The molecule has 220 valence electrons. The van der Waals surface area contributed by atoms with Gasteiger partial charge in [-0.05, 0) is 0 Å². The van der Waals surface area contributed by atoms with Gasteiger partial charge < -0.3 is 0 Å².